The molecule has 88 valence electrons. The highest BCUT2D eigenvalue weighted by Crippen LogP contribution is 2.38. The Morgan fingerprint density at radius 1 is 1.13 bits per heavy atom. The molecule has 2 nitrogen and oxygen atoms in total. The van der Waals surface area contributed by atoms with Crippen LogP contribution in [-0.2, 0) is 4.74 Å². The van der Waals surface area contributed by atoms with Crippen LogP contribution in [-0.4, -0.2) is 24.3 Å². The lowest BCUT2D eigenvalue weighted by atomic mass is 9.81. The predicted octanol–water partition coefficient (Wildman–Crippen LogP) is 2.87. The molecule has 0 aromatic rings. The molecular formula is C13H25NO. The van der Waals surface area contributed by atoms with Crippen molar-refractivity contribution in [3.05, 3.63) is 0 Å². The van der Waals surface area contributed by atoms with E-state index in [0.717, 1.165) is 13.1 Å². The third-order valence-corrected chi connectivity index (χ3v) is 3.95. The van der Waals surface area contributed by atoms with Crippen molar-refractivity contribution in [3.8, 4) is 0 Å². The van der Waals surface area contributed by atoms with Gasteiger partial charge in [0, 0.05) is 13.1 Å². The quantitative estimate of drug-likeness (QED) is 0.758. The van der Waals surface area contributed by atoms with Gasteiger partial charge in [0.05, 0.1) is 11.2 Å². The van der Waals surface area contributed by atoms with Crippen molar-refractivity contribution in [2.45, 2.75) is 70.0 Å². The first-order valence-electron chi connectivity index (χ1n) is 6.59. The zero-order chi connectivity index (χ0) is 10.8. The number of nitrogens with one attached hydrogen (secondary N) is 1. The smallest absolute Gasteiger partial charge is 0.0814 e. The molecule has 1 unspecified atom stereocenters. The van der Waals surface area contributed by atoms with Gasteiger partial charge in [-0.05, 0) is 26.2 Å². The van der Waals surface area contributed by atoms with Gasteiger partial charge in [0.15, 0.2) is 0 Å². The fraction of sp³-hybridized carbons (Fsp3) is 1.00. The van der Waals surface area contributed by atoms with Gasteiger partial charge in [-0.25, -0.2) is 0 Å². The molecule has 2 rings (SSSR count). The van der Waals surface area contributed by atoms with Crippen molar-refractivity contribution in [2.24, 2.45) is 0 Å². The first-order chi connectivity index (χ1) is 7.18. The molecule has 2 fully saturated rings. The third kappa shape index (κ3) is 2.54. The monoisotopic (exact) mass is 211 g/mol. The standard InChI is InChI=1S/C13H25NO/c1-3-7-12(2)10-14-11-13(15-12)8-5-4-6-9-13/h14H,3-11H2,1-2H3. The molecule has 1 heterocycles. The van der Waals surface area contributed by atoms with Gasteiger partial charge >= 0.3 is 0 Å². The SMILES string of the molecule is CCCC1(C)CNCC2(CCCCC2)O1. The molecule has 2 aliphatic rings. The van der Waals surface area contributed by atoms with E-state index in [4.69, 9.17) is 4.74 Å². The summed E-state index contributed by atoms with van der Waals surface area (Å²) in [6.45, 7) is 6.63. The highest BCUT2D eigenvalue weighted by Gasteiger charge is 2.42. The van der Waals surface area contributed by atoms with Crippen LogP contribution in [0.2, 0.25) is 0 Å². The maximum absolute atomic E-state index is 6.48. The molecule has 0 aromatic heterocycles. The minimum Gasteiger partial charge on any atom is -0.366 e. The summed E-state index contributed by atoms with van der Waals surface area (Å²) in [5.41, 5.74) is 0.269. The molecule has 1 aliphatic heterocycles. The number of rotatable bonds is 2. The Bertz CT molecular complexity index is 201. The van der Waals surface area contributed by atoms with E-state index in [1.807, 2.05) is 0 Å². The van der Waals surface area contributed by atoms with Gasteiger partial charge < -0.3 is 10.1 Å². The Morgan fingerprint density at radius 2 is 1.87 bits per heavy atom. The van der Waals surface area contributed by atoms with E-state index in [1.165, 1.54) is 44.9 Å². The largest absolute Gasteiger partial charge is 0.366 e. The fourth-order valence-electron chi connectivity index (χ4n) is 3.29. The summed E-state index contributed by atoms with van der Waals surface area (Å²) in [5, 5.41) is 3.60. The van der Waals surface area contributed by atoms with Crippen LogP contribution in [0, 0.1) is 0 Å². The van der Waals surface area contributed by atoms with Gasteiger partial charge in [-0.1, -0.05) is 32.6 Å². The summed E-state index contributed by atoms with van der Waals surface area (Å²) in [5.74, 6) is 0. The summed E-state index contributed by atoms with van der Waals surface area (Å²) in [6, 6.07) is 0. The summed E-state index contributed by atoms with van der Waals surface area (Å²) < 4.78 is 6.48. The summed E-state index contributed by atoms with van der Waals surface area (Å²) in [6.07, 6.45) is 9.03. The third-order valence-electron chi connectivity index (χ3n) is 3.95. The zero-order valence-electron chi connectivity index (χ0n) is 10.3. The normalized spacial score (nSPS) is 35.6. The predicted molar refractivity (Wildman–Crippen MR) is 63.1 cm³/mol. The Labute approximate surface area is 93.8 Å². The number of ether oxygens (including phenoxy) is 1. The van der Waals surface area contributed by atoms with E-state index in [9.17, 15) is 0 Å². The fourth-order valence-corrected chi connectivity index (χ4v) is 3.29. The second kappa shape index (κ2) is 4.42. The van der Waals surface area contributed by atoms with Gasteiger partial charge in [0.1, 0.15) is 0 Å². The number of hydrogen-bond donors (Lipinski definition) is 1. The highest BCUT2D eigenvalue weighted by atomic mass is 16.5. The van der Waals surface area contributed by atoms with E-state index in [0.29, 0.717) is 0 Å². The molecule has 1 atom stereocenters. The summed E-state index contributed by atoms with van der Waals surface area (Å²) in [7, 11) is 0. The molecular weight excluding hydrogens is 186 g/mol. The lowest BCUT2D eigenvalue weighted by Gasteiger charge is -2.49. The maximum atomic E-state index is 6.48. The van der Waals surface area contributed by atoms with E-state index < -0.39 is 0 Å². The van der Waals surface area contributed by atoms with E-state index >= 15 is 0 Å². The van der Waals surface area contributed by atoms with Crippen LogP contribution >= 0.6 is 0 Å². The lowest BCUT2D eigenvalue weighted by Crippen LogP contribution is -2.59. The van der Waals surface area contributed by atoms with Gasteiger partial charge in [-0.15, -0.1) is 0 Å². The van der Waals surface area contributed by atoms with Crippen molar-refractivity contribution in [1.82, 2.24) is 5.32 Å². The van der Waals surface area contributed by atoms with Crippen LogP contribution in [0.3, 0.4) is 0 Å². The highest BCUT2D eigenvalue weighted by molar-refractivity contribution is 4.95. The molecule has 1 saturated carbocycles. The molecule has 0 amide bonds. The zero-order valence-corrected chi connectivity index (χ0v) is 10.3. The molecule has 1 saturated heterocycles. The molecule has 0 bridgehead atoms. The van der Waals surface area contributed by atoms with Crippen molar-refractivity contribution < 1.29 is 4.74 Å². The minimum absolute atomic E-state index is 0.0876. The average Bonchev–Trinajstić information content (AvgIpc) is 2.18. The molecule has 0 radical (unpaired) electrons. The van der Waals surface area contributed by atoms with Crippen molar-refractivity contribution in [2.75, 3.05) is 13.1 Å². The molecule has 15 heavy (non-hydrogen) atoms. The Hall–Kier alpha value is -0.0800. The number of hydrogen-bond acceptors (Lipinski definition) is 2. The molecule has 1 spiro atoms. The van der Waals surface area contributed by atoms with Crippen molar-refractivity contribution in [3.63, 3.8) is 0 Å². The topological polar surface area (TPSA) is 21.3 Å². The summed E-state index contributed by atoms with van der Waals surface area (Å²) >= 11 is 0. The van der Waals surface area contributed by atoms with Gasteiger partial charge in [-0.3, -0.25) is 0 Å². The summed E-state index contributed by atoms with van der Waals surface area (Å²) in [4.78, 5) is 0. The second-order valence-corrected chi connectivity index (χ2v) is 5.65. The lowest BCUT2D eigenvalue weighted by molar-refractivity contribution is -0.186. The van der Waals surface area contributed by atoms with Gasteiger partial charge in [0.25, 0.3) is 0 Å². The second-order valence-electron chi connectivity index (χ2n) is 5.65. The van der Waals surface area contributed by atoms with E-state index in [1.54, 1.807) is 0 Å². The van der Waals surface area contributed by atoms with E-state index in [-0.39, 0.29) is 11.2 Å². The first-order valence-corrected chi connectivity index (χ1v) is 6.59. The van der Waals surface area contributed by atoms with Gasteiger partial charge in [0.2, 0.25) is 0 Å². The Balaban J connectivity index is 2.01. The average molecular weight is 211 g/mol. The molecule has 0 aromatic carbocycles. The maximum Gasteiger partial charge on any atom is 0.0814 e. The van der Waals surface area contributed by atoms with Crippen LogP contribution in [0.15, 0.2) is 0 Å². The number of morpholine rings is 1. The van der Waals surface area contributed by atoms with Crippen molar-refractivity contribution in [1.29, 1.82) is 0 Å². The van der Waals surface area contributed by atoms with Crippen LogP contribution in [0.1, 0.15) is 58.8 Å². The molecule has 1 aliphatic carbocycles. The van der Waals surface area contributed by atoms with Crippen LogP contribution in [0.4, 0.5) is 0 Å². The first kappa shape index (κ1) is 11.4. The van der Waals surface area contributed by atoms with Gasteiger partial charge in [-0.2, -0.15) is 0 Å². The van der Waals surface area contributed by atoms with Crippen LogP contribution in [0.5, 0.6) is 0 Å². The van der Waals surface area contributed by atoms with Crippen LogP contribution < -0.4 is 5.32 Å². The van der Waals surface area contributed by atoms with Crippen molar-refractivity contribution >= 4 is 0 Å². The van der Waals surface area contributed by atoms with Crippen LogP contribution in [0.25, 0.3) is 0 Å². The molecule has 2 heteroatoms. The minimum atomic E-state index is 0.0876. The Morgan fingerprint density at radius 3 is 2.53 bits per heavy atom. The van der Waals surface area contributed by atoms with E-state index in [2.05, 4.69) is 19.2 Å². The Kier molecular flexibility index (Phi) is 3.36. The molecule has 1 N–H and O–H groups in total.